The molecule has 0 aromatic rings. The predicted octanol–water partition coefficient (Wildman–Crippen LogP) is -2.07. The first-order valence-corrected chi connectivity index (χ1v) is 7.70. The summed E-state index contributed by atoms with van der Waals surface area (Å²) in [6.07, 6.45) is 3.16. The first kappa shape index (κ1) is 25.1. The molecule has 0 bridgehead atoms. The van der Waals surface area contributed by atoms with Gasteiger partial charge in [-0.15, -0.1) is 0 Å². The fourth-order valence-electron chi connectivity index (χ4n) is 2.50. The average molecular weight is 348 g/mol. The molecule has 0 radical (unpaired) electrons. The van der Waals surface area contributed by atoms with E-state index in [4.69, 9.17) is 0 Å². The van der Waals surface area contributed by atoms with Crippen molar-refractivity contribution in [3.8, 4) is 0 Å². The first-order valence-electron chi connectivity index (χ1n) is 7.70. The molecule has 2 unspecified atom stereocenters. The molecule has 130 valence electrons. The van der Waals surface area contributed by atoms with Gasteiger partial charge in [-0.2, -0.15) is 0 Å². The number of carbonyl (C=O) groups is 3. The second kappa shape index (κ2) is 12.2. The van der Waals surface area contributed by atoms with Gasteiger partial charge in [-0.3, -0.25) is 9.59 Å². The monoisotopic (exact) mass is 348 g/mol. The van der Waals surface area contributed by atoms with Gasteiger partial charge in [-0.1, -0.05) is 33.8 Å². The van der Waals surface area contributed by atoms with Crippen molar-refractivity contribution < 1.29 is 53.8 Å². The van der Waals surface area contributed by atoms with Crippen LogP contribution in [0.1, 0.15) is 47.0 Å². The third kappa shape index (κ3) is 6.37. The van der Waals surface area contributed by atoms with E-state index in [1.54, 1.807) is 13.8 Å². The van der Waals surface area contributed by atoms with E-state index in [2.05, 4.69) is 21.6 Å². The zero-order valence-corrected chi connectivity index (χ0v) is 17.2. The Labute approximate surface area is 165 Å². The van der Waals surface area contributed by atoms with Gasteiger partial charge in [0.1, 0.15) is 5.41 Å². The van der Waals surface area contributed by atoms with E-state index >= 15 is 0 Å². The SMILES string of the molecule is C=CC(=O)OCC.CCCC(C)C1(CC)C(=O)N=C([O-])NC1=O.[Na+]. The number of rotatable bonds is 6. The quantitative estimate of drug-likeness (QED) is 0.257. The minimum Gasteiger partial charge on any atom is -0.846 e. The molecule has 0 saturated heterocycles. The van der Waals surface area contributed by atoms with Crippen LogP contribution in [0, 0.1) is 11.3 Å². The standard InChI is InChI=1S/C11H18N2O3.C5H8O2.Na/c1-4-6-7(3)11(5-2)8(14)12-10(16)13-9(11)15;1-3-5(6)7-4-2;/h7H,4-6H2,1-3H3,(H2,12,13,14,15,16);3H,1,4H2,2H3;/q;;+1/p-1. The van der Waals surface area contributed by atoms with Crippen molar-refractivity contribution in [2.75, 3.05) is 6.61 Å². The van der Waals surface area contributed by atoms with Crippen molar-refractivity contribution in [2.45, 2.75) is 47.0 Å². The van der Waals surface area contributed by atoms with Gasteiger partial charge in [0.15, 0.2) is 0 Å². The number of esters is 1. The van der Waals surface area contributed by atoms with E-state index < -0.39 is 23.3 Å². The number of carbonyl (C=O) groups excluding carboxylic acids is 3. The van der Waals surface area contributed by atoms with Crippen molar-refractivity contribution in [1.29, 1.82) is 0 Å². The molecule has 0 fully saturated rings. The Morgan fingerprint density at radius 1 is 1.42 bits per heavy atom. The fraction of sp³-hybridized carbons (Fsp3) is 0.625. The van der Waals surface area contributed by atoms with Crippen LogP contribution in [-0.4, -0.2) is 30.4 Å². The van der Waals surface area contributed by atoms with Crippen LogP contribution in [0.15, 0.2) is 17.6 Å². The number of amides is 2. The van der Waals surface area contributed by atoms with Crippen molar-refractivity contribution in [3.05, 3.63) is 12.7 Å². The smallest absolute Gasteiger partial charge is 0.846 e. The molecule has 24 heavy (non-hydrogen) atoms. The zero-order valence-electron chi connectivity index (χ0n) is 15.2. The van der Waals surface area contributed by atoms with E-state index in [1.807, 2.05) is 13.8 Å². The molecule has 2 amide bonds. The zero-order chi connectivity index (χ0) is 18.0. The number of nitrogens with zero attached hydrogens (tertiary/aromatic N) is 1. The molecule has 1 aliphatic heterocycles. The van der Waals surface area contributed by atoms with E-state index in [0.29, 0.717) is 13.0 Å². The minimum absolute atomic E-state index is 0. The fourth-order valence-corrected chi connectivity index (χ4v) is 2.50. The number of aliphatic imine (C=N–C) groups is 1. The van der Waals surface area contributed by atoms with E-state index in [0.717, 1.165) is 18.9 Å². The van der Waals surface area contributed by atoms with Crippen LogP contribution in [-0.2, 0) is 19.1 Å². The Morgan fingerprint density at radius 2 is 2.00 bits per heavy atom. The van der Waals surface area contributed by atoms with Gasteiger partial charge in [0.25, 0.3) is 5.91 Å². The Bertz CT molecular complexity index is 493. The molecule has 0 saturated carbocycles. The third-order valence-electron chi connectivity index (χ3n) is 3.78. The summed E-state index contributed by atoms with van der Waals surface area (Å²) in [5, 5.41) is 13.1. The van der Waals surface area contributed by atoms with Gasteiger partial charge in [0, 0.05) is 6.08 Å². The summed E-state index contributed by atoms with van der Waals surface area (Å²) >= 11 is 0. The molecule has 1 rings (SSSR count). The maximum Gasteiger partial charge on any atom is 1.00 e. The molecule has 2 atom stereocenters. The van der Waals surface area contributed by atoms with Crippen LogP contribution in [0.3, 0.4) is 0 Å². The Morgan fingerprint density at radius 3 is 2.33 bits per heavy atom. The van der Waals surface area contributed by atoms with Crippen LogP contribution >= 0.6 is 0 Å². The van der Waals surface area contributed by atoms with E-state index in [1.165, 1.54) is 0 Å². The third-order valence-corrected chi connectivity index (χ3v) is 3.78. The van der Waals surface area contributed by atoms with E-state index in [-0.39, 0.29) is 41.4 Å². The van der Waals surface area contributed by atoms with E-state index in [9.17, 15) is 19.5 Å². The summed E-state index contributed by atoms with van der Waals surface area (Å²) in [6.45, 7) is 11.0. The summed E-state index contributed by atoms with van der Waals surface area (Å²) in [5.41, 5.74) is -1.15. The molecule has 1 heterocycles. The van der Waals surface area contributed by atoms with Gasteiger partial charge in [0.05, 0.1) is 12.6 Å². The summed E-state index contributed by atoms with van der Waals surface area (Å²) < 4.78 is 4.43. The van der Waals surface area contributed by atoms with Gasteiger partial charge < -0.3 is 15.2 Å². The topological polar surface area (TPSA) is 108 Å². The number of hydrogen-bond acceptors (Lipinski definition) is 5. The van der Waals surface area contributed by atoms with Gasteiger partial charge in [-0.05, 0) is 25.7 Å². The number of nitrogens with one attached hydrogen (secondary N) is 1. The Kier molecular flexibility index (Phi) is 12.8. The maximum absolute atomic E-state index is 11.9. The molecule has 0 aromatic heterocycles. The molecule has 0 aliphatic carbocycles. The number of ether oxygens (including phenoxy) is 1. The second-order valence-electron chi connectivity index (χ2n) is 5.15. The predicted molar refractivity (Wildman–Crippen MR) is 84.2 cm³/mol. The number of hydrogen-bond donors (Lipinski definition) is 1. The molecule has 7 nitrogen and oxygen atoms in total. The largest absolute Gasteiger partial charge is 1.00 e. The van der Waals surface area contributed by atoms with Gasteiger partial charge >= 0.3 is 35.5 Å². The number of amidine groups is 1. The van der Waals surface area contributed by atoms with Crippen LogP contribution in [0.2, 0.25) is 0 Å². The van der Waals surface area contributed by atoms with Gasteiger partial charge in [-0.25, -0.2) is 9.79 Å². The summed E-state index contributed by atoms with van der Waals surface area (Å²) in [5.74, 6) is -1.56. The summed E-state index contributed by atoms with van der Waals surface area (Å²) in [6, 6.07) is -0.845. The van der Waals surface area contributed by atoms with Gasteiger partial charge in [0.2, 0.25) is 5.91 Å². The van der Waals surface area contributed by atoms with Crippen LogP contribution in [0.25, 0.3) is 0 Å². The molecule has 0 aromatic carbocycles. The normalized spacial score (nSPS) is 20.4. The van der Waals surface area contributed by atoms with Crippen molar-refractivity contribution in [3.63, 3.8) is 0 Å². The minimum atomic E-state index is -1.15. The molecular weight excluding hydrogens is 323 g/mol. The van der Waals surface area contributed by atoms with Crippen LogP contribution in [0.5, 0.6) is 0 Å². The van der Waals surface area contributed by atoms with Crippen LogP contribution in [0.4, 0.5) is 0 Å². The molecule has 1 aliphatic rings. The molecule has 0 spiro atoms. The summed E-state index contributed by atoms with van der Waals surface area (Å²) in [7, 11) is 0. The van der Waals surface area contributed by atoms with Crippen molar-refractivity contribution >= 4 is 23.8 Å². The summed E-state index contributed by atoms with van der Waals surface area (Å²) in [4.78, 5) is 37.1. The average Bonchev–Trinajstić information content (AvgIpc) is 2.48. The maximum atomic E-state index is 11.9. The molecule has 1 N–H and O–H groups in total. The Hall–Kier alpha value is -1.18. The van der Waals surface area contributed by atoms with Crippen molar-refractivity contribution in [2.24, 2.45) is 16.3 Å². The first-order chi connectivity index (χ1) is 10.8. The molecule has 8 heteroatoms. The molecular formula is C16H25N2NaO5. The van der Waals surface area contributed by atoms with Crippen molar-refractivity contribution in [1.82, 2.24) is 5.32 Å². The second-order valence-corrected chi connectivity index (χ2v) is 5.15. The Balaban J connectivity index is 0. The van der Waals surface area contributed by atoms with Crippen LogP contribution < -0.4 is 40.0 Å².